The smallest absolute Gasteiger partial charge is 0.255 e. The van der Waals surface area contributed by atoms with E-state index in [0.717, 1.165) is 0 Å². The van der Waals surface area contributed by atoms with Gasteiger partial charge in [0.2, 0.25) is 5.89 Å². The summed E-state index contributed by atoms with van der Waals surface area (Å²) in [6, 6.07) is 3.12. The zero-order valence-electron chi connectivity index (χ0n) is 9.14. The second-order valence-corrected chi connectivity index (χ2v) is 3.40. The van der Waals surface area contributed by atoms with Crippen molar-refractivity contribution >= 4 is 12.1 Å². The monoisotopic (exact) mass is 253 g/mol. The summed E-state index contributed by atoms with van der Waals surface area (Å²) in [6.45, 7) is -0.484. The summed E-state index contributed by atoms with van der Waals surface area (Å²) in [7, 11) is 0. The number of aldehydes is 1. The summed E-state index contributed by atoms with van der Waals surface area (Å²) >= 11 is 0. The molecule has 5 nitrogen and oxygen atoms in total. The summed E-state index contributed by atoms with van der Waals surface area (Å²) < 4.78 is 29.1. The molecule has 0 aliphatic carbocycles. The van der Waals surface area contributed by atoms with Gasteiger partial charge in [0.1, 0.15) is 17.8 Å². The van der Waals surface area contributed by atoms with Gasteiger partial charge in [-0.05, 0) is 12.1 Å². The molecular weight excluding hydrogens is 244 g/mol. The van der Waals surface area contributed by atoms with Gasteiger partial charge >= 0.3 is 0 Å². The average Bonchev–Trinajstić information content (AvgIpc) is 2.85. The summed E-state index contributed by atoms with van der Waals surface area (Å²) in [5.41, 5.74) is 0.721. The quantitative estimate of drug-likeness (QED) is 0.827. The number of rotatable bonds is 5. The largest absolute Gasteiger partial charge is 0.444 e. The molecule has 0 spiro atoms. The Morgan fingerprint density at radius 1 is 1.50 bits per heavy atom. The maximum absolute atomic E-state index is 12.0. The fraction of sp³-hybridized carbons (Fsp3) is 0.182. The minimum atomic E-state index is -2.46. The van der Waals surface area contributed by atoms with Crippen molar-refractivity contribution in [1.82, 2.24) is 9.97 Å². The Balaban J connectivity index is 2.18. The zero-order valence-corrected chi connectivity index (χ0v) is 9.14. The molecular formula is C11H9F2N3O2. The molecule has 0 aliphatic rings. The van der Waals surface area contributed by atoms with Crippen LogP contribution in [0.25, 0.3) is 11.5 Å². The van der Waals surface area contributed by atoms with Gasteiger partial charge in [0.25, 0.3) is 6.43 Å². The van der Waals surface area contributed by atoms with Crippen LogP contribution < -0.4 is 5.32 Å². The fourth-order valence-electron chi connectivity index (χ4n) is 1.31. The topological polar surface area (TPSA) is 68.0 Å². The van der Waals surface area contributed by atoms with E-state index in [4.69, 9.17) is 4.42 Å². The average molecular weight is 253 g/mol. The SMILES string of the molecule is O=Cc1coc(-c2ccnc(NCC(F)F)c2)n1. The minimum absolute atomic E-state index is 0.170. The molecule has 18 heavy (non-hydrogen) atoms. The van der Waals surface area contributed by atoms with Gasteiger partial charge in [-0.3, -0.25) is 4.79 Å². The van der Waals surface area contributed by atoms with Crippen LogP contribution in [0.1, 0.15) is 10.5 Å². The third kappa shape index (κ3) is 2.88. The molecule has 0 atom stereocenters. The Kier molecular flexibility index (Phi) is 3.61. The number of nitrogens with one attached hydrogen (secondary N) is 1. The van der Waals surface area contributed by atoms with E-state index in [-0.39, 0.29) is 11.6 Å². The van der Waals surface area contributed by atoms with Gasteiger partial charge in [0.15, 0.2) is 6.29 Å². The van der Waals surface area contributed by atoms with Gasteiger partial charge < -0.3 is 9.73 Å². The number of carbonyl (C=O) groups is 1. The molecule has 2 aromatic heterocycles. The van der Waals surface area contributed by atoms with Crippen molar-refractivity contribution in [2.45, 2.75) is 6.43 Å². The maximum Gasteiger partial charge on any atom is 0.255 e. The molecule has 0 amide bonds. The molecule has 0 saturated carbocycles. The Hall–Kier alpha value is -2.31. The van der Waals surface area contributed by atoms with Gasteiger partial charge in [-0.15, -0.1) is 0 Å². The number of alkyl halides is 2. The van der Waals surface area contributed by atoms with E-state index in [0.29, 0.717) is 17.7 Å². The molecule has 94 valence electrons. The van der Waals surface area contributed by atoms with Crippen molar-refractivity contribution in [3.63, 3.8) is 0 Å². The van der Waals surface area contributed by atoms with Crippen LogP contribution in [0.5, 0.6) is 0 Å². The van der Waals surface area contributed by atoms with Crippen LogP contribution in [0, 0.1) is 0 Å². The van der Waals surface area contributed by atoms with Crippen molar-refractivity contribution in [3.05, 3.63) is 30.3 Å². The van der Waals surface area contributed by atoms with Gasteiger partial charge in [-0.1, -0.05) is 0 Å². The Labute approximate surface area is 101 Å². The number of nitrogens with zero attached hydrogens (tertiary/aromatic N) is 2. The number of pyridine rings is 1. The van der Waals surface area contributed by atoms with Crippen molar-refractivity contribution < 1.29 is 18.0 Å². The number of hydrogen-bond acceptors (Lipinski definition) is 5. The highest BCUT2D eigenvalue weighted by Gasteiger charge is 2.08. The predicted molar refractivity (Wildman–Crippen MR) is 59.6 cm³/mol. The lowest BCUT2D eigenvalue weighted by molar-refractivity contribution is 0.111. The predicted octanol–water partition coefficient (Wildman–Crippen LogP) is 2.23. The van der Waals surface area contributed by atoms with Crippen molar-refractivity contribution in [2.24, 2.45) is 0 Å². The standard InChI is InChI=1S/C11H9F2N3O2/c12-9(13)4-15-10-3-7(1-2-14-10)11-16-8(5-17)6-18-11/h1-3,5-6,9H,4H2,(H,14,15). The van der Waals surface area contributed by atoms with Crippen LogP contribution in [0.4, 0.5) is 14.6 Å². The zero-order chi connectivity index (χ0) is 13.0. The first-order chi connectivity index (χ1) is 8.69. The first-order valence-electron chi connectivity index (χ1n) is 5.08. The van der Waals surface area contributed by atoms with Gasteiger partial charge in [0.05, 0.1) is 6.54 Å². The van der Waals surface area contributed by atoms with E-state index in [9.17, 15) is 13.6 Å². The molecule has 0 radical (unpaired) electrons. The Bertz CT molecular complexity index is 543. The molecule has 2 rings (SSSR count). The molecule has 0 aromatic carbocycles. The number of oxazole rings is 1. The molecule has 0 aliphatic heterocycles. The van der Waals surface area contributed by atoms with Crippen LogP contribution in [0.3, 0.4) is 0 Å². The lowest BCUT2D eigenvalue weighted by atomic mass is 10.2. The van der Waals surface area contributed by atoms with Crippen molar-refractivity contribution in [3.8, 4) is 11.5 Å². The Morgan fingerprint density at radius 2 is 2.33 bits per heavy atom. The molecule has 0 fully saturated rings. The lowest BCUT2D eigenvalue weighted by Gasteiger charge is -2.04. The van der Waals surface area contributed by atoms with Crippen molar-refractivity contribution in [2.75, 3.05) is 11.9 Å². The number of hydrogen-bond donors (Lipinski definition) is 1. The molecule has 1 N–H and O–H groups in total. The highest BCUT2D eigenvalue weighted by atomic mass is 19.3. The molecule has 7 heteroatoms. The van der Waals surface area contributed by atoms with Crippen molar-refractivity contribution in [1.29, 1.82) is 0 Å². The molecule has 2 aromatic rings. The van der Waals surface area contributed by atoms with E-state index < -0.39 is 13.0 Å². The van der Waals surface area contributed by atoms with E-state index in [1.165, 1.54) is 18.5 Å². The van der Waals surface area contributed by atoms with Gasteiger partial charge in [-0.25, -0.2) is 18.7 Å². The highest BCUT2D eigenvalue weighted by molar-refractivity contribution is 5.72. The number of halogens is 2. The van der Waals surface area contributed by atoms with Crippen LogP contribution >= 0.6 is 0 Å². The first kappa shape index (κ1) is 12.2. The molecule has 2 heterocycles. The van der Waals surface area contributed by atoms with E-state index >= 15 is 0 Å². The van der Waals surface area contributed by atoms with E-state index in [1.54, 1.807) is 6.07 Å². The van der Waals surface area contributed by atoms with Crippen LogP contribution in [-0.2, 0) is 0 Å². The van der Waals surface area contributed by atoms with Gasteiger partial charge in [0, 0.05) is 11.8 Å². The normalized spacial score (nSPS) is 10.6. The van der Waals surface area contributed by atoms with Crippen LogP contribution in [0.15, 0.2) is 29.0 Å². The summed E-state index contributed by atoms with van der Waals surface area (Å²) in [5.74, 6) is 0.526. The molecule has 0 unspecified atom stereocenters. The molecule has 0 saturated heterocycles. The van der Waals surface area contributed by atoms with E-state index in [1.807, 2.05) is 0 Å². The van der Waals surface area contributed by atoms with Crippen LogP contribution in [-0.4, -0.2) is 29.2 Å². The lowest BCUT2D eigenvalue weighted by Crippen LogP contribution is -2.11. The highest BCUT2D eigenvalue weighted by Crippen LogP contribution is 2.20. The number of anilines is 1. The number of carbonyl (C=O) groups excluding carboxylic acids is 1. The maximum atomic E-state index is 12.0. The van der Waals surface area contributed by atoms with E-state index in [2.05, 4.69) is 15.3 Å². The minimum Gasteiger partial charge on any atom is -0.444 e. The number of aromatic nitrogens is 2. The third-order valence-corrected chi connectivity index (χ3v) is 2.09. The third-order valence-electron chi connectivity index (χ3n) is 2.09. The summed E-state index contributed by atoms with van der Waals surface area (Å²) in [4.78, 5) is 18.2. The fourth-order valence-corrected chi connectivity index (χ4v) is 1.31. The summed E-state index contributed by atoms with van der Waals surface area (Å²) in [6.07, 6.45) is 0.756. The second-order valence-electron chi connectivity index (χ2n) is 3.40. The Morgan fingerprint density at radius 3 is 3.00 bits per heavy atom. The first-order valence-corrected chi connectivity index (χ1v) is 5.08. The summed E-state index contributed by atoms with van der Waals surface area (Å²) in [5, 5.41) is 2.47. The van der Waals surface area contributed by atoms with Gasteiger partial charge in [-0.2, -0.15) is 0 Å². The van der Waals surface area contributed by atoms with Crippen LogP contribution in [0.2, 0.25) is 0 Å². The second kappa shape index (κ2) is 5.35. The molecule has 0 bridgehead atoms.